The second kappa shape index (κ2) is 8.81. The van der Waals surface area contributed by atoms with Crippen molar-refractivity contribution in [2.45, 2.75) is 12.9 Å². The summed E-state index contributed by atoms with van der Waals surface area (Å²) in [5.74, 6) is -1.04. The first-order valence-corrected chi connectivity index (χ1v) is 9.60. The van der Waals surface area contributed by atoms with Crippen molar-refractivity contribution in [3.8, 4) is 17.1 Å². The van der Waals surface area contributed by atoms with Gasteiger partial charge in [0.25, 0.3) is 5.91 Å². The van der Waals surface area contributed by atoms with E-state index in [2.05, 4.69) is 14.8 Å². The largest absolute Gasteiger partial charge is 0.573 e. The van der Waals surface area contributed by atoms with Crippen molar-refractivity contribution in [3.05, 3.63) is 71.5 Å². The lowest BCUT2D eigenvalue weighted by Crippen LogP contribution is -2.30. The number of amides is 3. The van der Waals surface area contributed by atoms with Crippen LogP contribution in [-0.4, -0.2) is 36.3 Å². The zero-order valence-corrected chi connectivity index (χ0v) is 17.3. The summed E-state index contributed by atoms with van der Waals surface area (Å²) in [4.78, 5) is 37.2. The zero-order chi connectivity index (χ0) is 24.5. The molecule has 34 heavy (non-hydrogen) atoms. The van der Waals surface area contributed by atoms with Gasteiger partial charge in [-0.15, -0.1) is 13.2 Å². The Morgan fingerprint density at radius 1 is 1.06 bits per heavy atom. The van der Waals surface area contributed by atoms with Crippen LogP contribution in [0.2, 0.25) is 0 Å². The van der Waals surface area contributed by atoms with Gasteiger partial charge in [0.15, 0.2) is 0 Å². The van der Waals surface area contributed by atoms with Crippen molar-refractivity contribution in [2.75, 3.05) is 7.11 Å². The second-order valence-corrected chi connectivity index (χ2v) is 6.91. The molecule has 0 unspecified atom stereocenters. The normalized spacial score (nSPS) is 15.1. The lowest BCUT2D eigenvalue weighted by atomic mass is 10.2. The molecule has 1 aliphatic rings. The number of esters is 1. The van der Waals surface area contributed by atoms with Gasteiger partial charge in [-0.2, -0.15) is 0 Å². The van der Waals surface area contributed by atoms with Gasteiger partial charge in [-0.3, -0.25) is 9.69 Å². The Morgan fingerprint density at radius 3 is 2.47 bits per heavy atom. The number of urea groups is 1. The predicted octanol–water partition coefficient (Wildman–Crippen LogP) is 4.32. The maximum atomic E-state index is 12.6. The van der Waals surface area contributed by atoms with Gasteiger partial charge < -0.3 is 23.6 Å². The van der Waals surface area contributed by atoms with E-state index in [0.29, 0.717) is 11.3 Å². The average Bonchev–Trinajstić information content (AvgIpc) is 3.50. The molecule has 0 aliphatic carbocycles. The van der Waals surface area contributed by atoms with E-state index in [1.54, 1.807) is 6.07 Å². The fourth-order valence-electron chi connectivity index (χ4n) is 3.09. The number of imide groups is 1. The molecule has 176 valence electrons. The number of methoxy groups -OCH3 is 1. The molecule has 1 aromatic carbocycles. The summed E-state index contributed by atoms with van der Waals surface area (Å²) in [6.07, 6.45) is -3.48. The second-order valence-electron chi connectivity index (χ2n) is 6.91. The van der Waals surface area contributed by atoms with Crippen LogP contribution in [0.3, 0.4) is 0 Å². The fourth-order valence-corrected chi connectivity index (χ4v) is 3.09. The van der Waals surface area contributed by atoms with Crippen LogP contribution in [0.25, 0.3) is 17.4 Å². The van der Waals surface area contributed by atoms with Gasteiger partial charge in [-0.1, -0.05) is 0 Å². The molecule has 1 fully saturated rings. The van der Waals surface area contributed by atoms with Crippen LogP contribution in [0.1, 0.15) is 22.1 Å². The zero-order valence-electron chi connectivity index (χ0n) is 17.3. The van der Waals surface area contributed by atoms with Crippen molar-refractivity contribution in [3.63, 3.8) is 0 Å². The Labute approximate surface area is 189 Å². The maximum Gasteiger partial charge on any atom is 0.573 e. The van der Waals surface area contributed by atoms with Gasteiger partial charge in [0.2, 0.25) is 5.76 Å². The molecular formula is C22H15F3N2O7. The highest BCUT2D eigenvalue weighted by molar-refractivity contribution is 6.13. The van der Waals surface area contributed by atoms with Crippen LogP contribution in [0.15, 0.2) is 63.1 Å². The number of ether oxygens (including phenoxy) is 2. The minimum absolute atomic E-state index is 0.0560. The van der Waals surface area contributed by atoms with Gasteiger partial charge in [-0.05, 0) is 48.5 Å². The smallest absolute Gasteiger partial charge is 0.463 e. The van der Waals surface area contributed by atoms with Gasteiger partial charge in [0.05, 0.1) is 13.7 Å². The highest BCUT2D eigenvalue weighted by atomic mass is 19.4. The molecule has 3 aromatic rings. The van der Waals surface area contributed by atoms with Crippen molar-refractivity contribution in [1.29, 1.82) is 0 Å². The van der Waals surface area contributed by atoms with Crippen molar-refractivity contribution in [2.24, 2.45) is 0 Å². The number of carbonyl (C=O) groups is 3. The quantitative estimate of drug-likeness (QED) is 0.321. The molecule has 4 rings (SSSR count). The first kappa shape index (κ1) is 22.7. The van der Waals surface area contributed by atoms with E-state index >= 15 is 0 Å². The van der Waals surface area contributed by atoms with Crippen LogP contribution >= 0.6 is 0 Å². The fraction of sp³-hybridized carbons (Fsp3) is 0.136. The third kappa shape index (κ3) is 4.95. The molecule has 1 N–H and O–H groups in total. The molecule has 1 aliphatic heterocycles. The number of rotatable bonds is 6. The summed E-state index contributed by atoms with van der Waals surface area (Å²) in [6, 6.07) is 10.2. The Bertz CT molecular complexity index is 1270. The summed E-state index contributed by atoms with van der Waals surface area (Å²) in [7, 11) is 1.19. The monoisotopic (exact) mass is 476 g/mol. The summed E-state index contributed by atoms with van der Waals surface area (Å²) in [6.45, 7) is -0.214. The van der Waals surface area contributed by atoms with Crippen LogP contribution < -0.4 is 10.1 Å². The SMILES string of the molecule is COC(=O)c1ccc(CN2C(=O)N/C(=C\c3ccc(-c4ccc(OC(F)(F)F)cc4)o3)C2=O)o1. The number of halogens is 3. The van der Waals surface area contributed by atoms with E-state index in [-0.39, 0.29) is 35.3 Å². The number of carbonyl (C=O) groups excluding carboxylic acids is 3. The molecule has 3 heterocycles. The predicted molar refractivity (Wildman–Crippen MR) is 108 cm³/mol. The third-order valence-electron chi connectivity index (χ3n) is 4.61. The summed E-state index contributed by atoms with van der Waals surface area (Å²) in [5.41, 5.74) is 0.418. The van der Waals surface area contributed by atoms with E-state index in [4.69, 9.17) is 8.83 Å². The molecule has 1 saturated heterocycles. The Hall–Kier alpha value is -4.48. The van der Waals surface area contributed by atoms with Crippen molar-refractivity contribution < 1.29 is 45.9 Å². The third-order valence-corrected chi connectivity index (χ3v) is 4.61. The molecule has 0 spiro atoms. The molecule has 9 nitrogen and oxygen atoms in total. The molecule has 0 radical (unpaired) electrons. The average molecular weight is 476 g/mol. The first-order chi connectivity index (χ1) is 16.1. The number of hydrogen-bond acceptors (Lipinski definition) is 7. The number of alkyl halides is 3. The standard InChI is InChI=1S/C22H15F3N2O7/c1-31-20(29)18-9-7-15(33-18)11-27-19(28)16(26-21(27)30)10-14-6-8-17(32-14)12-2-4-13(5-3-12)34-22(23,24)25/h2-10H,11H2,1H3,(H,26,30)/b16-10-. The number of hydrogen-bond donors (Lipinski definition) is 1. The molecule has 3 amide bonds. The Balaban J connectivity index is 1.46. The number of nitrogens with zero attached hydrogens (tertiary/aromatic N) is 1. The summed E-state index contributed by atoms with van der Waals surface area (Å²) >= 11 is 0. The van der Waals surface area contributed by atoms with Crippen LogP contribution in [0.5, 0.6) is 5.75 Å². The molecular weight excluding hydrogens is 461 g/mol. The van der Waals surface area contributed by atoms with Gasteiger partial charge in [0, 0.05) is 11.6 Å². The van der Waals surface area contributed by atoms with Gasteiger partial charge in [0.1, 0.15) is 28.7 Å². The lowest BCUT2D eigenvalue weighted by molar-refractivity contribution is -0.274. The van der Waals surface area contributed by atoms with Crippen LogP contribution in [0, 0.1) is 0 Å². The molecule has 0 bridgehead atoms. The van der Waals surface area contributed by atoms with Gasteiger partial charge in [-0.25, -0.2) is 9.59 Å². The Kier molecular flexibility index (Phi) is 5.88. The number of furan rings is 2. The molecule has 0 saturated carbocycles. The summed E-state index contributed by atoms with van der Waals surface area (Å²) in [5, 5.41) is 2.42. The summed E-state index contributed by atoms with van der Waals surface area (Å²) < 4.78 is 56.1. The number of nitrogens with one attached hydrogen (secondary N) is 1. The topological polar surface area (TPSA) is 111 Å². The first-order valence-electron chi connectivity index (χ1n) is 9.60. The van der Waals surface area contributed by atoms with E-state index in [0.717, 1.165) is 17.0 Å². The van der Waals surface area contributed by atoms with Crippen molar-refractivity contribution in [1.82, 2.24) is 10.2 Å². The van der Waals surface area contributed by atoms with E-state index < -0.39 is 24.3 Å². The van der Waals surface area contributed by atoms with Crippen LogP contribution in [0.4, 0.5) is 18.0 Å². The molecule has 2 aromatic heterocycles. The van der Waals surface area contributed by atoms with E-state index in [1.807, 2.05) is 0 Å². The maximum absolute atomic E-state index is 12.6. The minimum Gasteiger partial charge on any atom is -0.463 e. The van der Waals surface area contributed by atoms with Crippen LogP contribution in [-0.2, 0) is 16.1 Å². The highest BCUT2D eigenvalue weighted by Crippen LogP contribution is 2.28. The van der Waals surface area contributed by atoms with E-state index in [1.165, 1.54) is 43.5 Å². The Morgan fingerprint density at radius 2 is 1.79 bits per heavy atom. The number of benzene rings is 1. The van der Waals surface area contributed by atoms with E-state index in [9.17, 15) is 27.6 Å². The molecule has 12 heteroatoms. The lowest BCUT2D eigenvalue weighted by Gasteiger charge is -2.09. The highest BCUT2D eigenvalue weighted by Gasteiger charge is 2.35. The van der Waals surface area contributed by atoms with Crippen molar-refractivity contribution >= 4 is 24.0 Å². The van der Waals surface area contributed by atoms with Gasteiger partial charge >= 0.3 is 18.4 Å². The molecule has 0 atom stereocenters. The minimum atomic E-state index is -4.79.